The van der Waals surface area contributed by atoms with Crippen molar-refractivity contribution in [1.82, 2.24) is 4.98 Å². The van der Waals surface area contributed by atoms with Crippen LogP contribution in [0.2, 0.25) is 0 Å². The summed E-state index contributed by atoms with van der Waals surface area (Å²) in [5.41, 5.74) is 1.01. The molecule has 0 radical (unpaired) electrons. The molecule has 3 aromatic rings. The summed E-state index contributed by atoms with van der Waals surface area (Å²) in [4.78, 5) is 4.49. The maximum absolute atomic E-state index is 13.2. The van der Waals surface area contributed by atoms with E-state index in [-0.39, 0.29) is 64.7 Å². The lowest BCUT2D eigenvalue weighted by Gasteiger charge is -2.15. The van der Waals surface area contributed by atoms with Gasteiger partial charge in [0, 0.05) is 18.7 Å². The topological polar surface area (TPSA) is 160 Å². The molecule has 1 aromatic heterocycles. The highest BCUT2D eigenvalue weighted by atomic mass is 32.2. The lowest BCUT2D eigenvalue weighted by Crippen LogP contribution is -2.13. The number of sulfone groups is 1. The molecule has 1 heterocycles. The van der Waals surface area contributed by atoms with Crippen molar-refractivity contribution in [3.05, 3.63) is 65.7 Å². The van der Waals surface area contributed by atoms with Crippen molar-refractivity contribution >= 4 is 32.8 Å². The third kappa shape index (κ3) is 5.37. The van der Waals surface area contributed by atoms with Crippen molar-refractivity contribution in [2.75, 3.05) is 36.9 Å². The van der Waals surface area contributed by atoms with Crippen LogP contribution in [0.1, 0.15) is 11.1 Å². The van der Waals surface area contributed by atoms with E-state index in [0.717, 1.165) is 0 Å². The number of aliphatic hydroxyl groups is 2. The Morgan fingerprint density at radius 3 is 2.21 bits per heavy atom. The molecule has 10 nitrogen and oxygen atoms in total. The number of hydrogen-bond acceptors (Lipinski definition) is 10. The maximum atomic E-state index is 13.2. The van der Waals surface area contributed by atoms with Gasteiger partial charge in [0.1, 0.15) is 23.3 Å². The minimum atomic E-state index is -3.84. The Kier molecular flexibility index (Phi) is 8.26. The van der Waals surface area contributed by atoms with Gasteiger partial charge in [0.15, 0.2) is 5.82 Å². The third-order valence-electron chi connectivity index (χ3n) is 4.80. The Hall–Kier alpha value is -3.85. The maximum Gasteiger partial charge on any atom is 0.208 e. The van der Waals surface area contributed by atoms with E-state index in [0.29, 0.717) is 5.56 Å². The van der Waals surface area contributed by atoms with Crippen LogP contribution in [-0.2, 0) is 9.84 Å². The third-order valence-corrected chi connectivity index (χ3v) is 6.62. The Morgan fingerprint density at radius 2 is 1.56 bits per heavy atom. The normalized spacial score (nSPS) is 11.4. The van der Waals surface area contributed by atoms with Gasteiger partial charge in [-0.2, -0.15) is 5.26 Å². The highest BCUT2D eigenvalue weighted by molar-refractivity contribution is 7.91. The second-order valence-corrected chi connectivity index (χ2v) is 8.97. The van der Waals surface area contributed by atoms with Crippen LogP contribution < -0.4 is 10.6 Å². The van der Waals surface area contributed by atoms with Gasteiger partial charge in [-0.15, -0.1) is 10.2 Å². The first-order valence-electron chi connectivity index (χ1n) is 10.4. The van der Waals surface area contributed by atoms with E-state index >= 15 is 0 Å². The lowest BCUT2D eigenvalue weighted by atomic mass is 10.1. The monoisotopic (exact) mass is 480 g/mol. The lowest BCUT2D eigenvalue weighted by molar-refractivity contribution is 0.311. The summed E-state index contributed by atoms with van der Waals surface area (Å²) in [6.07, 6.45) is 0. The number of aromatic nitrogens is 1. The molecule has 34 heavy (non-hydrogen) atoms. The number of hydrogen-bond donors (Lipinski definition) is 4. The molecule has 0 spiro atoms. The predicted molar refractivity (Wildman–Crippen MR) is 127 cm³/mol. The average molecular weight is 481 g/mol. The molecule has 0 amide bonds. The molecule has 176 valence electrons. The van der Waals surface area contributed by atoms with E-state index in [2.05, 4.69) is 31.9 Å². The second-order valence-electron chi connectivity index (χ2n) is 7.05. The van der Waals surface area contributed by atoms with E-state index in [1.54, 1.807) is 37.3 Å². The summed E-state index contributed by atoms with van der Waals surface area (Å²) in [5.74, 6) is 0.499. The molecule has 0 unspecified atom stereocenters. The zero-order chi connectivity index (χ0) is 24.6. The molecule has 0 aliphatic rings. The molecule has 0 atom stereocenters. The first-order valence-corrected chi connectivity index (χ1v) is 11.9. The SMILES string of the molecule is Cc1c(C#N)c(NCCO)nc(NCCO)c1N=Nc1ccccc1S(=O)(=O)c1ccccc1. The summed E-state index contributed by atoms with van der Waals surface area (Å²) >= 11 is 0. The molecular formula is C23H24N6O4S. The zero-order valence-electron chi connectivity index (χ0n) is 18.4. The van der Waals surface area contributed by atoms with Crippen LogP contribution in [0.25, 0.3) is 0 Å². The first-order chi connectivity index (χ1) is 16.4. The van der Waals surface area contributed by atoms with Crippen LogP contribution in [-0.4, -0.2) is 49.9 Å². The quantitative estimate of drug-likeness (QED) is 0.321. The zero-order valence-corrected chi connectivity index (χ0v) is 19.2. The Morgan fingerprint density at radius 1 is 0.941 bits per heavy atom. The minimum absolute atomic E-state index is 0.0119. The number of rotatable bonds is 10. The van der Waals surface area contributed by atoms with Crippen molar-refractivity contribution in [2.45, 2.75) is 16.7 Å². The minimum Gasteiger partial charge on any atom is -0.395 e. The van der Waals surface area contributed by atoms with E-state index in [9.17, 15) is 18.8 Å². The Bertz CT molecular complexity index is 1320. The van der Waals surface area contributed by atoms with Crippen LogP contribution in [0.5, 0.6) is 0 Å². The van der Waals surface area contributed by atoms with E-state index in [1.165, 1.54) is 24.3 Å². The van der Waals surface area contributed by atoms with Crippen LogP contribution in [0.4, 0.5) is 23.0 Å². The number of aliphatic hydroxyl groups excluding tert-OH is 2. The number of azo groups is 1. The molecule has 0 aliphatic heterocycles. The summed E-state index contributed by atoms with van der Waals surface area (Å²) in [5, 5.41) is 42.2. The standard InChI is InChI=1S/C23H24N6O4S/c1-16-18(15-24)22(25-11-13-30)27-23(26-12-14-31)21(16)29-28-19-9-5-6-10-20(19)34(32,33)17-7-3-2-4-8-17/h2-10,30-31H,11-14H2,1H3,(H2,25,26,27). The highest BCUT2D eigenvalue weighted by Crippen LogP contribution is 2.36. The number of nitriles is 1. The first kappa shape index (κ1) is 24.8. The molecule has 11 heteroatoms. The fourth-order valence-electron chi connectivity index (χ4n) is 3.15. The van der Waals surface area contributed by atoms with Crippen molar-refractivity contribution < 1.29 is 18.6 Å². The predicted octanol–water partition coefficient (Wildman–Crippen LogP) is 3.32. The van der Waals surface area contributed by atoms with Gasteiger partial charge in [0.2, 0.25) is 9.84 Å². The van der Waals surface area contributed by atoms with Gasteiger partial charge < -0.3 is 20.8 Å². The van der Waals surface area contributed by atoms with Gasteiger partial charge in [-0.1, -0.05) is 30.3 Å². The molecule has 0 saturated carbocycles. The van der Waals surface area contributed by atoms with Crippen LogP contribution in [0, 0.1) is 18.3 Å². The smallest absolute Gasteiger partial charge is 0.208 e. The Labute approximate surface area is 197 Å². The largest absolute Gasteiger partial charge is 0.395 e. The molecule has 3 rings (SSSR count). The fraction of sp³-hybridized carbons (Fsp3) is 0.217. The van der Waals surface area contributed by atoms with E-state index in [1.807, 2.05) is 0 Å². The molecule has 2 aromatic carbocycles. The average Bonchev–Trinajstić information content (AvgIpc) is 2.86. The van der Waals surface area contributed by atoms with Crippen LogP contribution in [0.3, 0.4) is 0 Å². The van der Waals surface area contributed by atoms with Crippen LogP contribution in [0.15, 0.2) is 74.6 Å². The highest BCUT2D eigenvalue weighted by Gasteiger charge is 2.22. The molecule has 0 saturated heterocycles. The van der Waals surface area contributed by atoms with Gasteiger partial charge in [-0.25, -0.2) is 13.4 Å². The summed E-state index contributed by atoms with van der Waals surface area (Å²) in [6.45, 7) is 1.69. The second kappa shape index (κ2) is 11.3. The molecule has 0 aliphatic carbocycles. The summed E-state index contributed by atoms with van der Waals surface area (Å²) < 4.78 is 26.3. The number of nitrogens with zero attached hydrogens (tertiary/aromatic N) is 4. The van der Waals surface area contributed by atoms with Gasteiger partial charge in [-0.05, 0) is 31.2 Å². The number of benzene rings is 2. The Balaban J connectivity index is 2.11. The van der Waals surface area contributed by atoms with Gasteiger partial charge in [0.05, 0.1) is 28.6 Å². The number of pyridine rings is 1. The van der Waals surface area contributed by atoms with E-state index < -0.39 is 9.84 Å². The van der Waals surface area contributed by atoms with E-state index in [4.69, 9.17) is 5.11 Å². The van der Waals surface area contributed by atoms with Gasteiger partial charge in [0.25, 0.3) is 0 Å². The van der Waals surface area contributed by atoms with Crippen molar-refractivity contribution in [3.63, 3.8) is 0 Å². The van der Waals surface area contributed by atoms with Gasteiger partial charge in [-0.3, -0.25) is 0 Å². The summed E-state index contributed by atoms with van der Waals surface area (Å²) in [7, 11) is -3.84. The van der Waals surface area contributed by atoms with Gasteiger partial charge >= 0.3 is 0 Å². The van der Waals surface area contributed by atoms with Crippen molar-refractivity contribution in [2.24, 2.45) is 10.2 Å². The molecular weight excluding hydrogens is 456 g/mol. The van der Waals surface area contributed by atoms with Crippen molar-refractivity contribution in [1.29, 1.82) is 5.26 Å². The number of anilines is 2. The van der Waals surface area contributed by atoms with Crippen LogP contribution >= 0.6 is 0 Å². The van der Waals surface area contributed by atoms with Crippen molar-refractivity contribution in [3.8, 4) is 6.07 Å². The fourth-order valence-corrected chi connectivity index (χ4v) is 4.56. The molecule has 0 bridgehead atoms. The molecule has 0 fully saturated rings. The number of nitrogens with one attached hydrogen (secondary N) is 2. The summed E-state index contributed by atoms with van der Waals surface area (Å²) in [6, 6.07) is 16.3. The molecule has 4 N–H and O–H groups in total.